The number of halogens is 3. The zero-order valence-electron chi connectivity index (χ0n) is 12.9. The highest BCUT2D eigenvalue weighted by molar-refractivity contribution is 6.31. The van der Waals surface area contributed by atoms with Gasteiger partial charge in [0.1, 0.15) is 17.2 Å². The Labute approximate surface area is 159 Å². The highest BCUT2D eigenvalue weighted by Gasteiger charge is 2.15. The van der Waals surface area contributed by atoms with E-state index in [2.05, 4.69) is 5.32 Å². The Morgan fingerprint density at radius 3 is 2.32 bits per heavy atom. The van der Waals surface area contributed by atoms with Gasteiger partial charge < -0.3 is 5.32 Å². The van der Waals surface area contributed by atoms with Crippen molar-refractivity contribution < 1.29 is 0 Å². The number of nitrogens with zero attached hydrogens (tertiary/aromatic N) is 2. The van der Waals surface area contributed by atoms with E-state index in [0.717, 1.165) is 28.4 Å². The van der Waals surface area contributed by atoms with Crippen LogP contribution in [0, 0.1) is 0 Å². The molecule has 2 aromatic carbocycles. The maximum Gasteiger partial charge on any atom is 0.143 e. The highest BCUT2D eigenvalue weighted by atomic mass is 35.5. The molecule has 0 saturated heterocycles. The van der Waals surface area contributed by atoms with Gasteiger partial charge in [0.2, 0.25) is 0 Å². The second kappa shape index (κ2) is 6.60. The Kier molecular flexibility index (Phi) is 4.30. The number of hydrogen-bond donors (Lipinski definition) is 1. The summed E-state index contributed by atoms with van der Waals surface area (Å²) in [6.45, 7) is 0. The Morgan fingerprint density at radius 1 is 0.800 bits per heavy atom. The molecule has 0 spiro atoms. The molecule has 6 heteroatoms. The van der Waals surface area contributed by atoms with Crippen molar-refractivity contribution in [2.45, 2.75) is 0 Å². The van der Waals surface area contributed by atoms with Crippen molar-refractivity contribution in [2.24, 2.45) is 0 Å². The maximum absolute atomic E-state index is 6.18. The van der Waals surface area contributed by atoms with Gasteiger partial charge in [-0.25, -0.2) is 4.98 Å². The van der Waals surface area contributed by atoms with E-state index in [-0.39, 0.29) is 0 Å². The fourth-order valence-corrected chi connectivity index (χ4v) is 3.12. The number of benzene rings is 2. The summed E-state index contributed by atoms with van der Waals surface area (Å²) in [7, 11) is 0. The lowest BCUT2D eigenvalue weighted by Gasteiger charge is -2.09. The van der Waals surface area contributed by atoms with Crippen molar-refractivity contribution in [3.05, 3.63) is 81.9 Å². The lowest BCUT2D eigenvalue weighted by Crippen LogP contribution is -1.97. The predicted octanol–water partition coefficient (Wildman–Crippen LogP) is 6.71. The summed E-state index contributed by atoms with van der Waals surface area (Å²) >= 11 is 18.3. The smallest absolute Gasteiger partial charge is 0.143 e. The van der Waals surface area contributed by atoms with Crippen LogP contribution in [0.4, 0.5) is 11.5 Å². The predicted molar refractivity (Wildman–Crippen MR) is 105 cm³/mol. The molecule has 0 saturated carbocycles. The number of imidazole rings is 1. The minimum atomic E-state index is 0.627. The fraction of sp³-hybridized carbons (Fsp3) is 0. The molecule has 0 aliphatic carbocycles. The highest BCUT2D eigenvalue weighted by Crippen LogP contribution is 2.33. The Morgan fingerprint density at radius 2 is 1.56 bits per heavy atom. The van der Waals surface area contributed by atoms with E-state index in [1.807, 2.05) is 71.3 Å². The van der Waals surface area contributed by atoms with Gasteiger partial charge >= 0.3 is 0 Å². The van der Waals surface area contributed by atoms with Crippen molar-refractivity contribution in [1.82, 2.24) is 9.38 Å². The first-order chi connectivity index (χ1) is 12.1. The van der Waals surface area contributed by atoms with Crippen molar-refractivity contribution in [1.29, 1.82) is 0 Å². The molecule has 0 atom stereocenters. The molecule has 4 aromatic rings. The largest absolute Gasteiger partial charge is 0.339 e. The van der Waals surface area contributed by atoms with Crippen molar-refractivity contribution in [3.8, 4) is 11.3 Å². The summed E-state index contributed by atoms with van der Waals surface area (Å²) in [5.41, 5.74) is 3.40. The minimum Gasteiger partial charge on any atom is -0.339 e. The van der Waals surface area contributed by atoms with E-state index in [1.165, 1.54) is 0 Å². The summed E-state index contributed by atoms with van der Waals surface area (Å²) < 4.78 is 1.92. The standard InChI is InChI=1S/C19H12Cl3N3/c20-13-4-7-16(8-5-13)23-19-18(12-2-1-3-14(21)10-12)24-17-9-6-15(22)11-25(17)19/h1-11,23H. The topological polar surface area (TPSA) is 29.3 Å². The number of aromatic nitrogens is 2. The average molecular weight is 389 g/mol. The average Bonchev–Trinajstić information content (AvgIpc) is 2.95. The van der Waals surface area contributed by atoms with Crippen LogP contribution < -0.4 is 5.32 Å². The molecular formula is C19H12Cl3N3. The maximum atomic E-state index is 6.18. The molecule has 2 heterocycles. The number of pyridine rings is 1. The molecule has 0 unspecified atom stereocenters. The summed E-state index contributed by atoms with van der Waals surface area (Å²) in [5, 5.41) is 5.37. The Balaban J connectivity index is 1.91. The van der Waals surface area contributed by atoms with Gasteiger partial charge in [0.15, 0.2) is 0 Å². The van der Waals surface area contributed by atoms with Gasteiger partial charge in [-0.1, -0.05) is 46.9 Å². The number of hydrogen-bond acceptors (Lipinski definition) is 2. The van der Waals surface area contributed by atoms with Crippen LogP contribution in [0.2, 0.25) is 15.1 Å². The molecule has 0 fully saturated rings. The zero-order chi connectivity index (χ0) is 17.4. The normalized spacial score (nSPS) is 11.0. The molecule has 2 aromatic heterocycles. The molecule has 0 aliphatic rings. The second-order valence-electron chi connectivity index (χ2n) is 5.53. The van der Waals surface area contributed by atoms with Gasteiger partial charge in [0.25, 0.3) is 0 Å². The van der Waals surface area contributed by atoms with Crippen LogP contribution in [-0.2, 0) is 0 Å². The molecule has 25 heavy (non-hydrogen) atoms. The van der Waals surface area contributed by atoms with Gasteiger partial charge in [-0.3, -0.25) is 4.40 Å². The minimum absolute atomic E-state index is 0.627. The summed E-state index contributed by atoms with van der Waals surface area (Å²) in [6, 6.07) is 18.8. The Bertz CT molecular complexity index is 1060. The molecule has 0 bridgehead atoms. The number of nitrogens with one attached hydrogen (secondary N) is 1. The molecule has 4 rings (SSSR count). The van der Waals surface area contributed by atoms with Gasteiger partial charge in [0, 0.05) is 27.5 Å². The van der Waals surface area contributed by atoms with Crippen LogP contribution >= 0.6 is 34.8 Å². The van der Waals surface area contributed by atoms with Crippen LogP contribution in [0.1, 0.15) is 0 Å². The van der Waals surface area contributed by atoms with Gasteiger partial charge in [-0.15, -0.1) is 0 Å². The van der Waals surface area contributed by atoms with Gasteiger partial charge in [-0.05, 0) is 48.5 Å². The molecule has 0 radical (unpaired) electrons. The molecule has 3 nitrogen and oxygen atoms in total. The third-order valence-electron chi connectivity index (χ3n) is 3.79. The van der Waals surface area contributed by atoms with Crippen LogP contribution in [0.3, 0.4) is 0 Å². The number of rotatable bonds is 3. The third kappa shape index (κ3) is 3.31. The Hall–Kier alpha value is -2.20. The van der Waals surface area contributed by atoms with Crippen LogP contribution in [0.15, 0.2) is 66.9 Å². The molecule has 0 aliphatic heterocycles. The monoisotopic (exact) mass is 387 g/mol. The lowest BCUT2D eigenvalue weighted by atomic mass is 10.1. The van der Waals surface area contributed by atoms with Gasteiger partial charge in [-0.2, -0.15) is 0 Å². The van der Waals surface area contributed by atoms with Crippen molar-refractivity contribution in [3.63, 3.8) is 0 Å². The van der Waals surface area contributed by atoms with Crippen molar-refractivity contribution >= 4 is 52.0 Å². The summed E-state index contributed by atoms with van der Waals surface area (Å²) in [5.74, 6) is 0.807. The molecular weight excluding hydrogens is 377 g/mol. The molecule has 0 amide bonds. The van der Waals surface area contributed by atoms with E-state index in [9.17, 15) is 0 Å². The molecule has 1 N–H and O–H groups in total. The van der Waals surface area contributed by atoms with E-state index >= 15 is 0 Å². The van der Waals surface area contributed by atoms with Gasteiger partial charge in [0.05, 0.1) is 5.02 Å². The first kappa shape index (κ1) is 16.3. The van der Waals surface area contributed by atoms with Crippen molar-refractivity contribution in [2.75, 3.05) is 5.32 Å². The van der Waals surface area contributed by atoms with Crippen LogP contribution in [-0.4, -0.2) is 9.38 Å². The first-order valence-corrected chi connectivity index (χ1v) is 8.70. The SMILES string of the molecule is Clc1ccc(Nc2c(-c3cccc(Cl)c3)nc3ccc(Cl)cn23)cc1. The van der Waals surface area contributed by atoms with E-state index < -0.39 is 0 Å². The second-order valence-corrected chi connectivity index (χ2v) is 6.84. The first-order valence-electron chi connectivity index (χ1n) is 7.56. The van der Waals surface area contributed by atoms with Crippen LogP contribution in [0.25, 0.3) is 16.9 Å². The van der Waals surface area contributed by atoms with Crippen LogP contribution in [0.5, 0.6) is 0 Å². The lowest BCUT2D eigenvalue weighted by molar-refractivity contribution is 1.18. The van der Waals surface area contributed by atoms with E-state index in [0.29, 0.717) is 15.1 Å². The van der Waals surface area contributed by atoms with E-state index in [4.69, 9.17) is 39.8 Å². The fourth-order valence-electron chi connectivity index (χ4n) is 2.65. The summed E-state index contributed by atoms with van der Waals surface area (Å²) in [6.07, 6.45) is 1.83. The summed E-state index contributed by atoms with van der Waals surface area (Å²) in [4.78, 5) is 4.74. The zero-order valence-corrected chi connectivity index (χ0v) is 15.1. The number of anilines is 2. The number of fused-ring (bicyclic) bond motifs is 1. The third-order valence-corrected chi connectivity index (χ3v) is 4.50. The van der Waals surface area contributed by atoms with E-state index in [1.54, 1.807) is 0 Å². The quantitative estimate of drug-likeness (QED) is 0.423. The molecule has 124 valence electrons.